The Bertz CT molecular complexity index is 194. The van der Waals surface area contributed by atoms with E-state index in [9.17, 15) is 9.59 Å². The Hall–Kier alpha value is 0.390. The average molecular weight is 252 g/mol. The molecule has 0 aliphatic rings. The minimum absolute atomic E-state index is 0.0498. The summed E-state index contributed by atoms with van der Waals surface area (Å²) in [6, 6.07) is 0. The molecule has 1 unspecified atom stereocenters. The molecule has 0 N–H and O–H groups in total. The van der Waals surface area contributed by atoms with Gasteiger partial charge in [-0.05, 0) is 13.3 Å². The summed E-state index contributed by atoms with van der Waals surface area (Å²) in [6.07, 6.45) is 2.03. The van der Waals surface area contributed by atoms with Crippen molar-refractivity contribution in [2.45, 2.75) is 38.4 Å². The molecule has 0 aromatic carbocycles. The van der Waals surface area contributed by atoms with Crippen LogP contribution in [-0.2, 0) is 9.59 Å². The van der Waals surface area contributed by atoms with E-state index in [2.05, 4.69) is 19.6 Å². The molecule has 82 valence electrons. The van der Waals surface area contributed by atoms with E-state index in [4.69, 9.17) is 0 Å². The van der Waals surface area contributed by atoms with Crippen molar-refractivity contribution in [1.82, 2.24) is 0 Å². The van der Waals surface area contributed by atoms with Crippen LogP contribution in [0.2, 0.25) is 0 Å². The summed E-state index contributed by atoms with van der Waals surface area (Å²) in [5.41, 5.74) is 0. The van der Waals surface area contributed by atoms with Gasteiger partial charge in [0.15, 0.2) is 5.12 Å². The van der Waals surface area contributed by atoms with Crippen molar-refractivity contribution in [3.8, 4) is 0 Å². The van der Waals surface area contributed by atoms with Crippen LogP contribution >= 0.6 is 34.2 Å². The first-order chi connectivity index (χ1) is 6.52. The minimum atomic E-state index is -0.0498. The summed E-state index contributed by atoms with van der Waals surface area (Å²) in [5.74, 6) is 1.09. The highest BCUT2D eigenvalue weighted by Gasteiger charge is 2.05. The van der Waals surface area contributed by atoms with Gasteiger partial charge in [0.05, 0.1) is 0 Å². The summed E-state index contributed by atoms with van der Waals surface area (Å²) in [6.45, 7) is 3.69. The van der Waals surface area contributed by atoms with Crippen molar-refractivity contribution < 1.29 is 9.59 Å². The van der Waals surface area contributed by atoms with Gasteiger partial charge in [-0.1, -0.05) is 28.5 Å². The summed E-state index contributed by atoms with van der Waals surface area (Å²) in [4.78, 5) is 21.2. The summed E-state index contributed by atoms with van der Waals surface area (Å²) in [5, 5.41) is 0.397. The van der Waals surface area contributed by atoms with Gasteiger partial charge in [0, 0.05) is 23.8 Å². The molecule has 14 heavy (non-hydrogen) atoms. The topological polar surface area (TPSA) is 34.1 Å². The van der Waals surface area contributed by atoms with Crippen molar-refractivity contribution in [1.29, 1.82) is 0 Å². The number of thiol groups is 1. The molecule has 0 aromatic rings. The van der Waals surface area contributed by atoms with E-state index < -0.39 is 0 Å². The summed E-state index contributed by atoms with van der Waals surface area (Å²) < 4.78 is 0. The van der Waals surface area contributed by atoms with E-state index in [0.29, 0.717) is 18.1 Å². The van der Waals surface area contributed by atoms with Crippen molar-refractivity contribution in [2.75, 3.05) is 5.75 Å². The van der Waals surface area contributed by atoms with Crippen LogP contribution in [0.1, 0.15) is 33.1 Å². The van der Waals surface area contributed by atoms with Gasteiger partial charge in [-0.3, -0.25) is 9.59 Å². The van der Waals surface area contributed by atoms with Gasteiger partial charge < -0.3 is 0 Å². The molecule has 1 atom stereocenters. The third-order valence-corrected chi connectivity index (χ3v) is 4.72. The van der Waals surface area contributed by atoms with Crippen LogP contribution in [0.15, 0.2) is 0 Å². The van der Waals surface area contributed by atoms with E-state index in [1.165, 1.54) is 0 Å². The standard InChI is InChI=1S/C9H16O2S3/c1-7(10)5-6-13-14-8(2)3-4-9(11)12/h8H,3-6H2,1-2H3,(H,11,12). The molecule has 0 amide bonds. The van der Waals surface area contributed by atoms with Gasteiger partial charge in [0.1, 0.15) is 5.78 Å². The molecular weight excluding hydrogens is 236 g/mol. The lowest BCUT2D eigenvalue weighted by Crippen LogP contribution is -1.98. The van der Waals surface area contributed by atoms with Gasteiger partial charge in [-0.25, -0.2) is 0 Å². The maximum absolute atomic E-state index is 10.6. The zero-order chi connectivity index (χ0) is 11.0. The number of ketones is 1. The van der Waals surface area contributed by atoms with E-state index in [1.807, 2.05) is 0 Å². The molecule has 0 rings (SSSR count). The largest absolute Gasteiger partial charge is 0.300 e. The van der Waals surface area contributed by atoms with Crippen LogP contribution in [0, 0.1) is 0 Å². The number of hydrogen-bond acceptors (Lipinski definition) is 4. The second-order valence-corrected chi connectivity index (χ2v) is 6.54. The predicted octanol–water partition coefficient (Wildman–Crippen LogP) is 2.97. The smallest absolute Gasteiger partial charge is 0.185 e. The molecule has 0 aromatic heterocycles. The quantitative estimate of drug-likeness (QED) is 0.409. The van der Waals surface area contributed by atoms with Crippen molar-refractivity contribution in [3.63, 3.8) is 0 Å². The fourth-order valence-corrected chi connectivity index (χ4v) is 3.29. The zero-order valence-corrected chi connectivity index (χ0v) is 11.0. The first kappa shape index (κ1) is 14.4. The van der Waals surface area contributed by atoms with Crippen molar-refractivity contribution in [2.24, 2.45) is 0 Å². The second-order valence-electron chi connectivity index (χ2n) is 3.11. The van der Waals surface area contributed by atoms with Crippen molar-refractivity contribution >= 4 is 45.1 Å². The Morgan fingerprint density at radius 2 is 2.00 bits per heavy atom. The molecule has 0 radical (unpaired) electrons. The third-order valence-electron chi connectivity index (χ3n) is 1.53. The van der Waals surface area contributed by atoms with Crippen LogP contribution < -0.4 is 0 Å². The molecule has 2 nitrogen and oxygen atoms in total. The van der Waals surface area contributed by atoms with Crippen LogP contribution in [0.4, 0.5) is 0 Å². The first-order valence-electron chi connectivity index (χ1n) is 4.52. The Labute approximate surface area is 98.8 Å². The fraction of sp³-hybridized carbons (Fsp3) is 0.778. The van der Waals surface area contributed by atoms with Gasteiger partial charge in [0.2, 0.25) is 0 Å². The molecule has 5 heteroatoms. The maximum Gasteiger partial charge on any atom is 0.185 e. The van der Waals surface area contributed by atoms with E-state index in [0.717, 1.165) is 12.2 Å². The van der Waals surface area contributed by atoms with Gasteiger partial charge in [-0.15, -0.1) is 12.6 Å². The predicted molar refractivity (Wildman–Crippen MR) is 68.0 cm³/mol. The minimum Gasteiger partial charge on any atom is -0.300 e. The summed E-state index contributed by atoms with van der Waals surface area (Å²) >= 11 is 3.71. The number of Topliss-reactive ketones (excluding diaryl/α,β-unsaturated/α-hetero) is 1. The summed E-state index contributed by atoms with van der Waals surface area (Å²) in [7, 11) is 3.44. The fourth-order valence-electron chi connectivity index (χ4n) is 0.725. The van der Waals surface area contributed by atoms with Crippen LogP contribution in [0.25, 0.3) is 0 Å². The Morgan fingerprint density at radius 1 is 1.36 bits per heavy atom. The van der Waals surface area contributed by atoms with Crippen molar-refractivity contribution in [3.05, 3.63) is 0 Å². The first-order valence-corrected chi connectivity index (χ1v) is 7.34. The van der Waals surface area contributed by atoms with Crippen LogP contribution in [-0.4, -0.2) is 21.9 Å². The monoisotopic (exact) mass is 252 g/mol. The molecule has 0 spiro atoms. The number of carbonyl (C=O) groups is 2. The zero-order valence-electron chi connectivity index (χ0n) is 8.49. The second kappa shape index (κ2) is 8.68. The van der Waals surface area contributed by atoms with E-state index >= 15 is 0 Å². The Morgan fingerprint density at radius 3 is 2.50 bits per heavy atom. The van der Waals surface area contributed by atoms with Crippen LogP contribution in [0.5, 0.6) is 0 Å². The molecule has 0 fully saturated rings. The average Bonchev–Trinajstić information content (AvgIpc) is 2.08. The maximum atomic E-state index is 10.6. The highest BCUT2D eigenvalue weighted by molar-refractivity contribution is 8.76. The molecule has 0 aliphatic carbocycles. The molecule has 0 saturated carbocycles. The van der Waals surface area contributed by atoms with Gasteiger partial charge in [0.25, 0.3) is 0 Å². The highest BCUT2D eigenvalue weighted by atomic mass is 33.1. The third kappa shape index (κ3) is 10.5. The van der Waals surface area contributed by atoms with Gasteiger partial charge in [-0.2, -0.15) is 0 Å². The Kier molecular flexibility index (Phi) is 8.92. The normalized spacial score (nSPS) is 12.5. The Balaban J connectivity index is 3.30. The lowest BCUT2D eigenvalue weighted by molar-refractivity contribution is -0.116. The van der Waals surface area contributed by atoms with E-state index in [1.54, 1.807) is 28.5 Å². The molecular formula is C9H16O2S3. The number of hydrogen-bond donors (Lipinski definition) is 1. The van der Waals surface area contributed by atoms with Gasteiger partial charge >= 0.3 is 0 Å². The lowest BCUT2D eigenvalue weighted by Gasteiger charge is -2.07. The molecule has 0 saturated heterocycles. The molecule has 0 aliphatic heterocycles. The lowest BCUT2D eigenvalue weighted by atomic mass is 10.3. The number of carbonyl (C=O) groups excluding carboxylic acids is 2. The SMILES string of the molecule is CC(=O)CCSSC(C)CCC(=O)S. The highest BCUT2D eigenvalue weighted by Crippen LogP contribution is 2.29. The van der Waals surface area contributed by atoms with E-state index in [-0.39, 0.29) is 10.9 Å². The number of rotatable bonds is 8. The van der Waals surface area contributed by atoms with Crippen LogP contribution in [0.3, 0.4) is 0 Å². The molecule has 0 heterocycles. The molecule has 0 bridgehead atoms.